The van der Waals surface area contributed by atoms with Gasteiger partial charge in [-0.15, -0.1) is 0 Å². The lowest BCUT2D eigenvalue weighted by molar-refractivity contribution is 0.0747. The van der Waals surface area contributed by atoms with Crippen molar-refractivity contribution in [3.8, 4) is 0 Å². The molecule has 0 bridgehead atoms. The Morgan fingerprint density at radius 2 is 1.69 bits per heavy atom. The highest BCUT2D eigenvalue weighted by Gasteiger charge is 2.24. The number of carbonyl (C=O) groups is 1. The average Bonchev–Trinajstić information content (AvgIpc) is 2.78. The molecule has 0 atom stereocenters. The van der Waals surface area contributed by atoms with Crippen molar-refractivity contribution in [1.82, 2.24) is 10.2 Å². The van der Waals surface area contributed by atoms with E-state index < -0.39 is 10.0 Å². The number of nitrogens with zero attached hydrogens (tertiary/aromatic N) is 3. The fourth-order valence-corrected chi connectivity index (χ4v) is 4.90. The molecule has 32 heavy (non-hydrogen) atoms. The molecule has 10 heteroatoms. The van der Waals surface area contributed by atoms with Gasteiger partial charge in [-0.1, -0.05) is 17.7 Å². The van der Waals surface area contributed by atoms with Gasteiger partial charge in [-0.05, 0) is 36.4 Å². The van der Waals surface area contributed by atoms with Crippen molar-refractivity contribution in [2.75, 3.05) is 73.1 Å². The van der Waals surface area contributed by atoms with E-state index in [1.54, 1.807) is 12.1 Å². The first-order chi connectivity index (χ1) is 15.3. The van der Waals surface area contributed by atoms with Crippen molar-refractivity contribution in [2.24, 2.45) is 0 Å². The first-order valence-electron chi connectivity index (χ1n) is 10.7. The van der Waals surface area contributed by atoms with Crippen LogP contribution in [0.4, 0.5) is 17.1 Å². The molecule has 0 unspecified atom stereocenters. The summed E-state index contributed by atoms with van der Waals surface area (Å²) in [6, 6.07) is 13.0. The summed E-state index contributed by atoms with van der Waals surface area (Å²) >= 11 is 6.11. The number of benzene rings is 2. The van der Waals surface area contributed by atoms with Crippen LogP contribution in [0.5, 0.6) is 0 Å². The average molecular weight is 478 g/mol. The quantitative estimate of drug-likeness (QED) is 0.686. The Morgan fingerprint density at radius 1 is 0.969 bits per heavy atom. The summed E-state index contributed by atoms with van der Waals surface area (Å²) in [4.78, 5) is 19.3. The van der Waals surface area contributed by atoms with Crippen LogP contribution in [-0.4, -0.2) is 77.8 Å². The van der Waals surface area contributed by atoms with Crippen LogP contribution in [0.15, 0.2) is 42.5 Å². The monoisotopic (exact) mass is 477 g/mol. The van der Waals surface area contributed by atoms with Gasteiger partial charge in [-0.2, -0.15) is 0 Å². The van der Waals surface area contributed by atoms with Gasteiger partial charge < -0.3 is 20.0 Å². The molecular formula is C22H28ClN5O3S. The topological polar surface area (TPSA) is 85.0 Å². The second-order valence-electron chi connectivity index (χ2n) is 8.10. The second kappa shape index (κ2) is 9.56. The van der Waals surface area contributed by atoms with Crippen LogP contribution in [0, 0.1) is 0 Å². The number of halogens is 1. The number of carbonyl (C=O) groups excluding carboxylic acids is 1. The standard InChI is InChI=1S/C22H28ClN5O3S/c1-32(30,31)25-20-15-17(5-6-21(20)27-9-7-24-8-10-27)22(29)28-13-11-26(12-14-28)19-4-2-3-18(23)16-19/h2-6,15-16,24-25H,7-14H2,1H3. The summed E-state index contributed by atoms with van der Waals surface area (Å²) in [6.07, 6.45) is 1.12. The smallest absolute Gasteiger partial charge is 0.254 e. The second-order valence-corrected chi connectivity index (χ2v) is 10.3. The van der Waals surface area contributed by atoms with Crippen molar-refractivity contribution < 1.29 is 13.2 Å². The maximum atomic E-state index is 13.2. The van der Waals surface area contributed by atoms with Crippen LogP contribution < -0.4 is 19.8 Å². The van der Waals surface area contributed by atoms with Gasteiger partial charge in [0, 0.05) is 68.6 Å². The summed E-state index contributed by atoms with van der Waals surface area (Å²) in [5.74, 6) is -0.0980. The van der Waals surface area contributed by atoms with Crippen LogP contribution >= 0.6 is 11.6 Å². The summed E-state index contributed by atoms with van der Waals surface area (Å²) in [5, 5.41) is 3.98. The molecule has 0 aromatic heterocycles. The molecule has 2 aliphatic heterocycles. The van der Waals surface area contributed by atoms with Crippen LogP contribution in [0.1, 0.15) is 10.4 Å². The lowest BCUT2D eigenvalue weighted by atomic mass is 10.1. The van der Waals surface area contributed by atoms with Gasteiger partial charge in [0.05, 0.1) is 17.6 Å². The van der Waals surface area contributed by atoms with E-state index in [-0.39, 0.29) is 5.91 Å². The van der Waals surface area contributed by atoms with Crippen molar-refractivity contribution in [3.63, 3.8) is 0 Å². The molecule has 1 amide bonds. The third kappa shape index (κ3) is 5.46. The Morgan fingerprint density at radius 3 is 2.34 bits per heavy atom. The van der Waals surface area contributed by atoms with E-state index in [4.69, 9.17) is 11.6 Å². The minimum absolute atomic E-state index is 0.0980. The van der Waals surface area contributed by atoms with Gasteiger partial charge in [-0.3, -0.25) is 9.52 Å². The number of sulfonamides is 1. The van der Waals surface area contributed by atoms with Crippen molar-refractivity contribution in [3.05, 3.63) is 53.1 Å². The molecule has 2 N–H and O–H groups in total. The summed E-state index contributed by atoms with van der Waals surface area (Å²) < 4.78 is 26.5. The summed E-state index contributed by atoms with van der Waals surface area (Å²) in [5.41, 5.74) is 2.76. The van der Waals surface area contributed by atoms with Crippen LogP contribution in [0.25, 0.3) is 0 Å². The highest BCUT2D eigenvalue weighted by atomic mass is 35.5. The largest absolute Gasteiger partial charge is 0.368 e. The number of anilines is 3. The van der Waals surface area contributed by atoms with Crippen LogP contribution in [0.2, 0.25) is 5.02 Å². The van der Waals surface area contributed by atoms with Gasteiger partial charge >= 0.3 is 0 Å². The van der Waals surface area contributed by atoms with Gasteiger partial charge in [0.2, 0.25) is 10.0 Å². The van der Waals surface area contributed by atoms with E-state index in [2.05, 4.69) is 19.8 Å². The number of hydrogen-bond donors (Lipinski definition) is 2. The molecule has 0 radical (unpaired) electrons. The van der Waals surface area contributed by atoms with Crippen molar-refractivity contribution in [1.29, 1.82) is 0 Å². The molecule has 8 nitrogen and oxygen atoms in total. The van der Waals surface area contributed by atoms with E-state index in [0.717, 1.165) is 43.8 Å². The van der Waals surface area contributed by atoms with E-state index in [1.807, 2.05) is 35.2 Å². The molecule has 2 saturated heterocycles. The van der Waals surface area contributed by atoms with Crippen LogP contribution in [-0.2, 0) is 10.0 Å². The minimum Gasteiger partial charge on any atom is -0.368 e. The molecule has 172 valence electrons. The number of rotatable bonds is 5. The van der Waals surface area contributed by atoms with Crippen LogP contribution in [0.3, 0.4) is 0 Å². The highest BCUT2D eigenvalue weighted by Crippen LogP contribution is 2.29. The summed E-state index contributed by atoms with van der Waals surface area (Å²) in [7, 11) is -3.48. The third-order valence-corrected chi connectivity index (χ3v) is 6.56. The fourth-order valence-electron chi connectivity index (χ4n) is 4.16. The SMILES string of the molecule is CS(=O)(=O)Nc1cc(C(=O)N2CCN(c3cccc(Cl)c3)CC2)ccc1N1CCNCC1. The molecule has 2 heterocycles. The minimum atomic E-state index is -3.48. The normalized spacial score (nSPS) is 17.4. The number of nitrogens with one attached hydrogen (secondary N) is 2. The molecular weight excluding hydrogens is 450 g/mol. The number of hydrogen-bond acceptors (Lipinski definition) is 6. The van der Waals surface area contributed by atoms with E-state index in [0.29, 0.717) is 42.5 Å². The van der Waals surface area contributed by atoms with Crippen molar-refractivity contribution in [2.45, 2.75) is 0 Å². The Labute approximate surface area is 194 Å². The number of piperazine rings is 2. The highest BCUT2D eigenvalue weighted by molar-refractivity contribution is 7.92. The molecule has 2 aliphatic rings. The van der Waals surface area contributed by atoms with Gasteiger partial charge in [-0.25, -0.2) is 8.42 Å². The molecule has 0 spiro atoms. The molecule has 2 aromatic rings. The molecule has 0 saturated carbocycles. The number of amides is 1. The zero-order valence-electron chi connectivity index (χ0n) is 18.1. The Kier molecular flexibility index (Phi) is 6.78. The lowest BCUT2D eigenvalue weighted by Crippen LogP contribution is -2.48. The predicted molar refractivity (Wildman–Crippen MR) is 130 cm³/mol. The zero-order valence-corrected chi connectivity index (χ0v) is 19.6. The third-order valence-electron chi connectivity index (χ3n) is 5.74. The predicted octanol–water partition coefficient (Wildman–Crippen LogP) is 2.08. The van der Waals surface area contributed by atoms with Gasteiger partial charge in [0.1, 0.15) is 0 Å². The Bertz CT molecular complexity index is 1080. The van der Waals surface area contributed by atoms with Gasteiger partial charge in [0.25, 0.3) is 5.91 Å². The van der Waals surface area contributed by atoms with Gasteiger partial charge in [0.15, 0.2) is 0 Å². The Balaban J connectivity index is 1.50. The first kappa shape index (κ1) is 22.7. The molecule has 2 aromatic carbocycles. The fraction of sp³-hybridized carbons (Fsp3) is 0.409. The van der Waals surface area contributed by atoms with E-state index in [1.165, 1.54) is 0 Å². The molecule has 0 aliphatic carbocycles. The van der Waals surface area contributed by atoms with Crippen molar-refractivity contribution >= 4 is 44.6 Å². The lowest BCUT2D eigenvalue weighted by Gasteiger charge is -2.36. The summed E-state index contributed by atoms with van der Waals surface area (Å²) in [6.45, 7) is 5.79. The molecule has 2 fully saturated rings. The van der Waals surface area contributed by atoms with E-state index in [9.17, 15) is 13.2 Å². The maximum absolute atomic E-state index is 13.2. The zero-order chi connectivity index (χ0) is 22.7. The Hall–Kier alpha value is -2.49. The van der Waals surface area contributed by atoms with E-state index >= 15 is 0 Å². The maximum Gasteiger partial charge on any atom is 0.254 e. The first-order valence-corrected chi connectivity index (χ1v) is 12.9. The molecule has 4 rings (SSSR count).